The number of rotatable bonds is 9. The molecule has 2 fully saturated rings. The molecular weight excluding hydrogens is 568 g/mol. The van der Waals surface area contributed by atoms with Crippen molar-refractivity contribution in [3.05, 3.63) is 30.5 Å². The molecule has 12 nitrogen and oxygen atoms in total. The number of carbonyl (C=O) groups is 4. The molecule has 5 atom stereocenters. The van der Waals surface area contributed by atoms with E-state index in [9.17, 15) is 24.3 Å². The van der Waals surface area contributed by atoms with Crippen LogP contribution in [0, 0.1) is 11.3 Å². The van der Waals surface area contributed by atoms with Crippen molar-refractivity contribution in [3.63, 3.8) is 0 Å². The van der Waals surface area contributed by atoms with Crippen LogP contribution in [0.15, 0.2) is 30.5 Å². The molecule has 2 heterocycles. The molecule has 1 saturated carbocycles. The molecule has 0 radical (unpaired) electrons. The first-order chi connectivity index (χ1) is 20.5. The summed E-state index contributed by atoms with van der Waals surface area (Å²) in [5.74, 6) is -1.38. The van der Waals surface area contributed by atoms with Crippen molar-refractivity contribution in [1.82, 2.24) is 20.5 Å². The fourth-order valence-corrected chi connectivity index (χ4v) is 5.72. The second-order valence-corrected chi connectivity index (χ2v) is 13.7. The monoisotopic (exact) mass is 612 g/mol. The van der Waals surface area contributed by atoms with Crippen LogP contribution in [0.25, 0.3) is 10.8 Å². The van der Waals surface area contributed by atoms with Crippen molar-refractivity contribution in [2.24, 2.45) is 11.3 Å². The molecule has 1 aliphatic carbocycles. The van der Waals surface area contributed by atoms with Crippen molar-refractivity contribution in [3.8, 4) is 11.6 Å². The van der Waals surface area contributed by atoms with Gasteiger partial charge in [0.15, 0.2) is 0 Å². The fourth-order valence-electron chi connectivity index (χ4n) is 5.72. The molecule has 3 amide bonds. The molecule has 1 aromatic heterocycles. The molecule has 240 valence electrons. The maximum atomic E-state index is 14.2. The number of ether oxygens (including phenoxy) is 3. The number of fused-ring (bicyclic) bond motifs is 1. The number of carboxylic acid groups (broad SMARTS) is 1. The van der Waals surface area contributed by atoms with Crippen LogP contribution in [0.3, 0.4) is 0 Å². The molecule has 0 spiro atoms. The average Bonchev–Trinajstić information content (AvgIpc) is 3.49. The number of amides is 3. The number of nitrogens with zero attached hydrogens (tertiary/aromatic N) is 2. The van der Waals surface area contributed by atoms with E-state index in [1.165, 1.54) is 4.90 Å². The van der Waals surface area contributed by atoms with Gasteiger partial charge in [-0.25, -0.2) is 14.6 Å². The third-order valence-electron chi connectivity index (χ3n) is 8.16. The van der Waals surface area contributed by atoms with E-state index in [2.05, 4.69) is 15.6 Å². The van der Waals surface area contributed by atoms with Gasteiger partial charge in [-0.3, -0.25) is 9.59 Å². The van der Waals surface area contributed by atoms with E-state index >= 15 is 0 Å². The van der Waals surface area contributed by atoms with E-state index < -0.39 is 58.6 Å². The lowest BCUT2D eigenvalue weighted by Crippen LogP contribution is -2.59. The topological polar surface area (TPSA) is 156 Å². The molecule has 3 N–H and O–H groups in total. The van der Waals surface area contributed by atoms with Gasteiger partial charge in [-0.2, -0.15) is 0 Å². The number of aliphatic carboxylic acids is 1. The fraction of sp³-hybridized carbons (Fsp3) is 0.594. The molecule has 44 heavy (non-hydrogen) atoms. The van der Waals surface area contributed by atoms with Crippen LogP contribution in [-0.2, 0) is 19.1 Å². The Bertz CT molecular complexity index is 1430. The van der Waals surface area contributed by atoms with Crippen molar-refractivity contribution < 1.29 is 38.5 Å². The minimum Gasteiger partial charge on any atom is -0.497 e. The van der Waals surface area contributed by atoms with Gasteiger partial charge in [0.1, 0.15) is 35.1 Å². The van der Waals surface area contributed by atoms with Gasteiger partial charge in [-0.05, 0) is 68.2 Å². The van der Waals surface area contributed by atoms with Crippen LogP contribution < -0.4 is 20.1 Å². The molecule has 1 saturated heterocycles. The number of carbonyl (C=O) groups excluding carboxylic acids is 3. The van der Waals surface area contributed by atoms with Gasteiger partial charge < -0.3 is 34.9 Å². The van der Waals surface area contributed by atoms with Crippen molar-refractivity contribution >= 4 is 34.6 Å². The molecule has 2 aromatic rings. The number of hydrogen-bond donors (Lipinski definition) is 3. The molecule has 1 aromatic carbocycles. The van der Waals surface area contributed by atoms with Gasteiger partial charge in [-0.15, -0.1) is 0 Å². The van der Waals surface area contributed by atoms with Gasteiger partial charge in [0.2, 0.25) is 17.7 Å². The number of methoxy groups -OCH3 is 1. The maximum absolute atomic E-state index is 14.2. The quantitative estimate of drug-likeness (QED) is 0.382. The second-order valence-electron chi connectivity index (χ2n) is 13.7. The minimum atomic E-state index is -1.37. The highest BCUT2D eigenvalue weighted by atomic mass is 16.6. The standard InChI is InChI=1S/C32H44N4O8/c1-9-19-16-32(19,28(39)40)35-25(37)23-15-21(43-26-22-11-10-20(42-8)14-18(22)12-13-33-26)17-36(23)27(38)24(30(2,3)4)34-29(41)44-31(5,6)7/h10-14,19,21,23-24H,9,15-17H2,1-8H3,(H,34,41)(H,35,37)(H,39,40). The molecule has 0 bridgehead atoms. The Morgan fingerprint density at radius 1 is 1.14 bits per heavy atom. The van der Waals surface area contributed by atoms with Gasteiger partial charge in [0.25, 0.3) is 0 Å². The van der Waals surface area contributed by atoms with E-state index in [4.69, 9.17) is 14.2 Å². The summed E-state index contributed by atoms with van der Waals surface area (Å²) in [5, 5.41) is 17.0. The first kappa shape index (κ1) is 32.8. The first-order valence-corrected chi connectivity index (χ1v) is 14.9. The van der Waals surface area contributed by atoms with Crippen LogP contribution in [-0.4, -0.2) is 81.8 Å². The summed E-state index contributed by atoms with van der Waals surface area (Å²) in [6.07, 6.45) is 1.21. The highest BCUT2D eigenvalue weighted by molar-refractivity contribution is 5.96. The Morgan fingerprint density at radius 3 is 2.41 bits per heavy atom. The van der Waals surface area contributed by atoms with Gasteiger partial charge >= 0.3 is 12.1 Å². The van der Waals surface area contributed by atoms with E-state index in [1.54, 1.807) is 60.9 Å². The number of alkyl carbamates (subject to hydrolysis) is 1. The number of nitrogens with one attached hydrogen (secondary N) is 2. The smallest absolute Gasteiger partial charge is 0.408 e. The predicted molar refractivity (Wildman–Crippen MR) is 162 cm³/mol. The summed E-state index contributed by atoms with van der Waals surface area (Å²) in [7, 11) is 1.58. The molecule has 12 heteroatoms. The largest absolute Gasteiger partial charge is 0.497 e. The van der Waals surface area contributed by atoms with Crippen molar-refractivity contribution in [2.75, 3.05) is 13.7 Å². The van der Waals surface area contributed by atoms with Crippen molar-refractivity contribution in [2.45, 2.75) is 97.1 Å². The third-order valence-corrected chi connectivity index (χ3v) is 8.16. The number of likely N-dealkylation sites (tertiary alicyclic amines) is 1. The molecule has 1 aliphatic heterocycles. The number of hydrogen-bond acceptors (Lipinski definition) is 8. The van der Waals surface area contributed by atoms with Gasteiger partial charge in [0.05, 0.1) is 13.7 Å². The second kappa shape index (κ2) is 12.1. The zero-order valence-corrected chi connectivity index (χ0v) is 26.7. The number of carboxylic acids is 1. The highest BCUT2D eigenvalue weighted by Gasteiger charge is 2.61. The molecule has 4 rings (SSSR count). The number of pyridine rings is 1. The van der Waals surface area contributed by atoms with E-state index in [1.807, 2.05) is 25.1 Å². The Balaban J connectivity index is 1.64. The summed E-state index contributed by atoms with van der Waals surface area (Å²) in [6, 6.07) is 5.21. The van der Waals surface area contributed by atoms with Crippen LogP contribution in [0.4, 0.5) is 4.79 Å². The van der Waals surface area contributed by atoms with Crippen LogP contribution in [0.2, 0.25) is 0 Å². The maximum Gasteiger partial charge on any atom is 0.408 e. The van der Waals surface area contributed by atoms with Crippen LogP contribution in [0.5, 0.6) is 11.6 Å². The van der Waals surface area contributed by atoms with Crippen LogP contribution in [0.1, 0.15) is 67.7 Å². The SMILES string of the molecule is CCC1CC1(NC(=O)C1CC(Oc2nccc3cc(OC)ccc23)CN1C(=O)C(NC(=O)OC(C)(C)C)C(C)(C)C)C(=O)O. The lowest BCUT2D eigenvalue weighted by molar-refractivity contribution is -0.146. The molecule has 2 aliphatic rings. The van der Waals surface area contributed by atoms with Crippen LogP contribution >= 0.6 is 0 Å². The Labute approximate surface area is 257 Å². The van der Waals surface area contributed by atoms with E-state index in [0.717, 1.165) is 10.8 Å². The predicted octanol–water partition coefficient (Wildman–Crippen LogP) is 3.90. The molecular formula is C32H44N4O8. The molecule has 5 unspecified atom stereocenters. The van der Waals surface area contributed by atoms with Gasteiger partial charge in [0, 0.05) is 18.0 Å². The summed E-state index contributed by atoms with van der Waals surface area (Å²) >= 11 is 0. The summed E-state index contributed by atoms with van der Waals surface area (Å²) in [5.41, 5.74) is -2.91. The normalized spacial score (nSPS) is 23.9. The van der Waals surface area contributed by atoms with Gasteiger partial charge in [-0.1, -0.05) is 34.1 Å². The number of benzene rings is 1. The van der Waals surface area contributed by atoms with E-state index in [-0.39, 0.29) is 18.9 Å². The number of aromatic nitrogens is 1. The zero-order valence-electron chi connectivity index (χ0n) is 26.7. The Morgan fingerprint density at radius 2 is 1.84 bits per heavy atom. The third kappa shape index (κ3) is 7.00. The van der Waals surface area contributed by atoms with Crippen molar-refractivity contribution in [1.29, 1.82) is 0 Å². The summed E-state index contributed by atoms with van der Waals surface area (Å²) < 4.78 is 17.1. The Kier molecular flexibility index (Phi) is 9.04. The van der Waals surface area contributed by atoms with E-state index in [0.29, 0.717) is 24.5 Å². The minimum absolute atomic E-state index is 0.0188. The highest BCUT2D eigenvalue weighted by Crippen LogP contribution is 2.46. The average molecular weight is 613 g/mol. The summed E-state index contributed by atoms with van der Waals surface area (Å²) in [6.45, 7) is 12.5. The zero-order chi connectivity index (χ0) is 32.6. The Hall–Kier alpha value is -4.09. The lowest BCUT2D eigenvalue weighted by atomic mass is 9.85. The lowest BCUT2D eigenvalue weighted by Gasteiger charge is -2.35. The first-order valence-electron chi connectivity index (χ1n) is 14.9. The summed E-state index contributed by atoms with van der Waals surface area (Å²) in [4.78, 5) is 58.7.